The molecule has 3 rings (SSSR count). The van der Waals surface area contributed by atoms with Crippen molar-refractivity contribution in [1.29, 1.82) is 0 Å². The minimum atomic E-state index is -1.01. The van der Waals surface area contributed by atoms with Crippen LogP contribution in [0.3, 0.4) is 0 Å². The topological polar surface area (TPSA) is 99.8 Å². The fourth-order valence-electron chi connectivity index (χ4n) is 3.14. The third-order valence-electron chi connectivity index (χ3n) is 4.27. The average Bonchev–Trinajstić information content (AvgIpc) is 2.82. The molecule has 1 aromatic rings. The molecule has 0 radical (unpaired) electrons. The van der Waals surface area contributed by atoms with Gasteiger partial charge >= 0.3 is 12.1 Å². The van der Waals surface area contributed by atoms with Crippen molar-refractivity contribution >= 4 is 23.7 Å². The third kappa shape index (κ3) is 3.67. The summed E-state index contributed by atoms with van der Waals surface area (Å²) in [6.07, 6.45) is 1.25. The summed E-state index contributed by atoms with van der Waals surface area (Å²) in [5.74, 6) is 0.362. The van der Waals surface area contributed by atoms with E-state index in [2.05, 4.69) is 16.0 Å². The van der Waals surface area contributed by atoms with Gasteiger partial charge in [-0.2, -0.15) is 0 Å². The molecule has 2 aliphatic heterocycles. The largest absolute Gasteiger partial charge is 0.491 e. The minimum absolute atomic E-state index is 0.0812. The van der Waals surface area contributed by atoms with Crippen LogP contribution in [0.15, 0.2) is 24.3 Å². The fourth-order valence-corrected chi connectivity index (χ4v) is 3.14. The standard InChI is InChI=1S/C17H22N4O4/c1-11(2)25-13-6-4-12(5-7-13)18-16(24)21-9-3-8-17(10-21)14(22)19-15(23)20-17/h4-7,11H,3,8-10H2,1-2H3,(H,18,24)(H2,19,20,22,23). The van der Waals surface area contributed by atoms with E-state index in [9.17, 15) is 14.4 Å². The molecule has 25 heavy (non-hydrogen) atoms. The summed E-state index contributed by atoms with van der Waals surface area (Å²) >= 11 is 0. The zero-order chi connectivity index (χ0) is 18.0. The highest BCUT2D eigenvalue weighted by molar-refractivity contribution is 6.07. The Bertz CT molecular complexity index is 688. The van der Waals surface area contributed by atoms with Crippen LogP contribution in [0.25, 0.3) is 0 Å². The van der Waals surface area contributed by atoms with Crippen LogP contribution < -0.4 is 20.7 Å². The summed E-state index contributed by atoms with van der Waals surface area (Å²) in [5.41, 5.74) is -0.373. The number of ether oxygens (including phenoxy) is 1. The van der Waals surface area contributed by atoms with Gasteiger partial charge in [0.2, 0.25) is 0 Å². The lowest BCUT2D eigenvalue weighted by Crippen LogP contribution is -2.60. The van der Waals surface area contributed by atoms with Crippen LogP contribution in [0.5, 0.6) is 5.75 Å². The number of imide groups is 1. The first kappa shape index (κ1) is 17.1. The van der Waals surface area contributed by atoms with Crippen molar-refractivity contribution in [2.75, 3.05) is 18.4 Å². The van der Waals surface area contributed by atoms with E-state index in [1.165, 1.54) is 0 Å². The molecule has 2 saturated heterocycles. The second-order valence-electron chi connectivity index (χ2n) is 6.64. The van der Waals surface area contributed by atoms with Gasteiger partial charge in [-0.25, -0.2) is 9.59 Å². The molecule has 2 aliphatic rings. The van der Waals surface area contributed by atoms with Gasteiger partial charge in [0.25, 0.3) is 5.91 Å². The maximum Gasteiger partial charge on any atom is 0.322 e. The summed E-state index contributed by atoms with van der Waals surface area (Å²) < 4.78 is 5.57. The SMILES string of the molecule is CC(C)Oc1ccc(NC(=O)N2CCCC3(C2)NC(=O)NC3=O)cc1. The van der Waals surface area contributed by atoms with E-state index >= 15 is 0 Å². The molecular formula is C17H22N4O4. The maximum absolute atomic E-state index is 12.5. The first-order valence-corrected chi connectivity index (χ1v) is 8.34. The zero-order valence-electron chi connectivity index (χ0n) is 14.3. The lowest BCUT2D eigenvalue weighted by Gasteiger charge is -2.37. The Morgan fingerprint density at radius 3 is 2.60 bits per heavy atom. The molecular weight excluding hydrogens is 324 g/mol. The van der Waals surface area contributed by atoms with Gasteiger partial charge < -0.3 is 20.3 Å². The van der Waals surface area contributed by atoms with Crippen LogP contribution >= 0.6 is 0 Å². The Morgan fingerprint density at radius 2 is 2.00 bits per heavy atom. The number of carbonyl (C=O) groups is 3. The van der Waals surface area contributed by atoms with E-state index < -0.39 is 11.6 Å². The van der Waals surface area contributed by atoms with Crippen LogP contribution in [-0.4, -0.2) is 47.6 Å². The molecule has 3 N–H and O–H groups in total. The Labute approximate surface area is 145 Å². The molecule has 8 heteroatoms. The number of hydrogen-bond acceptors (Lipinski definition) is 4. The highest BCUT2D eigenvalue weighted by atomic mass is 16.5. The highest BCUT2D eigenvalue weighted by Crippen LogP contribution is 2.25. The molecule has 134 valence electrons. The van der Waals surface area contributed by atoms with E-state index in [1.807, 2.05) is 13.8 Å². The molecule has 1 spiro atoms. The Kier molecular flexibility index (Phi) is 4.52. The van der Waals surface area contributed by atoms with E-state index in [0.717, 1.165) is 5.75 Å². The summed E-state index contributed by atoms with van der Waals surface area (Å²) in [7, 11) is 0. The number of piperidine rings is 1. The number of anilines is 1. The van der Waals surface area contributed by atoms with Gasteiger partial charge in [0.05, 0.1) is 12.6 Å². The number of rotatable bonds is 3. The normalized spacial score (nSPS) is 22.8. The Balaban J connectivity index is 1.63. The number of likely N-dealkylation sites (tertiary alicyclic amines) is 1. The quantitative estimate of drug-likeness (QED) is 0.725. The van der Waals surface area contributed by atoms with Crippen molar-refractivity contribution in [2.24, 2.45) is 0 Å². The monoisotopic (exact) mass is 346 g/mol. The van der Waals surface area contributed by atoms with Crippen molar-refractivity contribution < 1.29 is 19.1 Å². The van der Waals surface area contributed by atoms with Gasteiger partial charge in [0.15, 0.2) is 0 Å². The molecule has 5 amide bonds. The molecule has 1 aromatic carbocycles. The van der Waals surface area contributed by atoms with Gasteiger partial charge in [-0.3, -0.25) is 10.1 Å². The first-order chi connectivity index (χ1) is 11.9. The second-order valence-corrected chi connectivity index (χ2v) is 6.64. The number of nitrogens with zero attached hydrogens (tertiary/aromatic N) is 1. The summed E-state index contributed by atoms with van der Waals surface area (Å²) in [4.78, 5) is 37.5. The van der Waals surface area contributed by atoms with Crippen molar-refractivity contribution in [3.05, 3.63) is 24.3 Å². The van der Waals surface area contributed by atoms with Gasteiger partial charge in [-0.1, -0.05) is 0 Å². The van der Waals surface area contributed by atoms with Crippen LogP contribution in [0.2, 0.25) is 0 Å². The van der Waals surface area contributed by atoms with E-state index in [4.69, 9.17) is 4.74 Å². The predicted molar refractivity (Wildman–Crippen MR) is 91.4 cm³/mol. The number of urea groups is 2. The average molecular weight is 346 g/mol. The van der Waals surface area contributed by atoms with Crippen LogP contribution in [-0.2, 0) is 4.79 Å². The minimum Gasteiger partial charge on any atom is -0.491 e. The Hall–Kier alpha value is -2.77. The second kappa shape index (κ2) is 6.62. The highest BCUT2D eigenvalue weighted by Gasteiger charge is 2.49. The molecule has 8 nitrogen and oxygen atoms in total. The molecule has 1 atom stereocenters. The molecule has 2 heterocycles. The van der Waals surface area contributed by atoms with E-state index in [0.29, 0.717) is 25.1 Å². The molecule has 0 aromatic heterocycles. The van der Waals surface area contributed by atoms with Crippen molar-refractivity contribution in [2.45, 2.75) is 38.3 Å². The number of carbonyl (C=O) groups excluding carboxylic acids is 3. The molecule has 0 saturated carbocycles. The van der Waals surface area contributed by atoms with Gasteiger partial charge in [0.1, 0.15) is 11.3 Å². The fraction of sp³-hybridized carbons (Fsp3) is 0.471. The van der Waals surface area contributed by atoms with Crippen molar-refractivity contribution in [3.8, 4) is 5.75 Å². The first-order valence-electron chi connectivity index (χ1n) is 8.34. The van der Waals surface area contributed by atoms with E-state index in [-0.39, 0.29) is 24.6 Å². The van der Waals surface area contributed by atoms with Gasteiger partial charge in [0, 0.05) is 12.2 Å². The Morgan fingerprint density at radius 1 is 1.28 bits per heavy atom. The zero-order valence-corrected chi connectivity index (χ0v) is 14.3. The van der Waals surface area contributed by atoms with Crippen LogP contribution in [0.4, 0.5) is 15.3 Å². The number of nitrogens with one attached hydrogen (secondary N) is 3. The molecule has 1 unspecified atom stereocenters. The number of amides is 5. The lowest BCUT2D eigenvalue weighted by atomic mass is 9.89. The lowest BCUT2D eigenvalue weighted by molar-refractivity contribution is -0.125. The maximum atomic E-state index is 12.5. The van der Waals surface area contributed by atoms with Crippen LogP contribution in [0, 0.1) is 0 Å². The molecule has 0 bridgehead atoms. The van der Waals surface area contributed by atoms with Crippen LogP contribution in [0.1, 0.15) is 26.7 Å². The smallest absolute Gasteiger partial charge is 0.322 e. The number of hydrogen-bond donors (Lipinski definition) is 3. The third-order valence-corrected chi connectivity index (χ3v) is 4.27. The van der Waals surface area contributed by atoms with Crippen molar-refractivity contribution in [3.63, 3.8) is 0 Å². The van der Waals surface area contributed by atoms with E-state index in [1.54, 1.807) is 29.2 Å². The summed E-state index contributed by atoms with van der Waals surface area (Å²) in [5, 5.41) is 7.71. The summed E-state index contributed by atoms with van der Waals surface area (Å²) in [6, 6.07) is 6.30. The summed E-state index contributed by atoms with van der Waals surface area (Å²) in [6.45, 7) is 4.58. The van der Waals surface area contributed by atoms with Crippen molar-refractivity contribution in [1.82, 2.24) is 15.5 Å². The van der Waals surface area contributed by atoms with Gasteiger partial charge in [-0.05, 0) is 51.0 Å². The molecule has 2 fully saturated rings. The van der Waals surface area contributed by atoms with Gasteiger partial charge in [-0.15, -0.1) is 0 Å². The number of benzene rings is 1. The molecule has 0 aliphatic carbocycles. The predicted octanol–water partition coefficient (Wildman–Crippen LogP) is 1.68.